The molecule has 6 heterocycles. The molecule has 20 aromatic rings. The van der Waals surface area contributed by atoms with Crippen LogP contribution in [-0.4, -0.2) is 19.9 Å². The lowest BCUT2D eigenvalue weighted by atomic mass is 9.93. The molecule has 6 aromatic heterocycles. The molecule has 14 aromatic carbocycles. The van der Waals surface area contributed by atoms with Crippen LogP contribution >= 0.6 is 45.3 Å². The quantitative estimate of drug-likeness (QED) is 0.129. The van der Waals surface area contributed by atoms with E-state index < -0.39 is 0 Å². The third-order valence-electron chi connectivity index (χ3n) is 19.5. The van der Waals surface area contributed by atoms with Gasteiger partial charge < -0.3 is 0 Å². The molecule has 8 heteroatoms. The second-order valence-corrected chi connectivity index (χ2v) is 29.7. The van der Waals surface area contributed by atoms with E-state index in [1.165, 1.54) is 80.7 Å². The van der Waals surface area contributed by atoms with Crippen molar-refractivity contribution < 1.29 is 0 Å². The van der Waals surface area contributed by atoms with Crippen molar-refractivity contribution in [1.29, 1.82) is 0 Å². The third-order valence-corrected chi connectivity index (χ3v) is 24.4. The lowest BCUT2D eigenvalue weighted by Crippen LogP contribution is -1.97. The van der Waals surface area contributed by atoms with Crippen LogP contribution in [0.4, 0.5) is 0 Å². The molecule has 0 saturated heterocycles. The number of aromatic nitrogens is 4. The summed E-state index contributed by atoms with van der Waals surface area (Å²) in [6.45, 7) is 0. The number of fused-ring (bicyclic) bond motifs is 12. The Balaban J connectivity index is 0.701. The lowest BCUT2D eigenvalue weighted by Gasteiger charge is -2.14. The maximum absolute atomic E-state index is 5.61. The molecule has 0 amide bonds. The highest BCUT2D eigenvalue weighted by Gasteiger charge is 2.23. The summed E-state index contributed by atoms with van der Waals surface area (Å²) in [6.07, 6.45) is 0. The Morgan fingerprint density at radius 3 is 0.910 bits per heavy atom. The molecule has 0 saturated carbocycles. The monoisotopic (exact) mass is 1340 g/mol. The molecule has 20 rings (SSSR count). The molecule has 4 nitrogen and oxygen atoms in total. The van der Waals surface area contributed by atoms with Crippen LogP contribution in [0.1, 0.15) is 0 Å². The average Bonchev–Trinajstić information content (AvgIpc) is 1.48. The van der Waals surface area contributed by atoms with Crippen molar-refractivity contribution in [3.05, 3.63) is 328 Å². The SMILES string of the molecule is c1ccc(-c2cc(-c3ccc(-c4ccc5sc6c(-c7cc(-c8cccc9c8sc8ccccc89)nc(-c8cc(-c9ccccc9)cc(-c9ccccc9)c8)n7)cccc6c5c4)cc3)cc(-c3cc(-c4cccc5c4sc4ccccc45)nc(-c4cccc5c4sc4ccccc45)n3)c2)cc1. The molecule has 0 aliphatic carbocycles. The second-order valence-electron chi connectivity index (χ2n) is 25.5. The number of hydrogen-bond donors (Lipinski definition) is 0. The van der Waals surface area contributed by atoms with E-state index >= 15 is 0 Å². The predicted octanol–water partition coefficient (Wildman–Crippen LogP) is 27.1. The molecular weight excluding hydrogens is 1290 g/mol. The molecule has 0 unspecified atom stereocenters. The van der Waals surface area contributed by atoms with Crippen molar-refractivity contribution in [2.45, 2.75) is 0 Å². The van der Waals surface area contributed by atoms with E-state index in [1.807, 2.05) is 45.3 Å². The molecule has 0 fully saturated rings. The number of hydrogen-bond acceptors (Lipinski definition) is 8. The summed E-state index contributed by atoms with van der Waals surface area (Å²) in [6, 6.07) is 119. The van der Waals surface area contributed by atoms with Gasteiger partial charge in [-0.2, -0.15) is 0 Å². The van der Waals surface area contributed by atoms with Gasteiger partial charge in [0.1, 0.15) is 0 Å². The number of rotatable bonds is 11. The Hall–Kier alpha value is -11.9. The van der Waals surface area contributed by atoms with Crippen molar-refractivity contribution in [3.8, 4) is 123 Å². The van der Waals surface area contributed by atoms with Gasteiger partial charge in [-0.15, -0.1) is 45.3 Å². The molecule has 0 spiro atoms. The van der Waals surface area contributed by atoms with E-state index in [-0.39, 0.29) is 0 Å². The number of nitrogens with zero attached hydrogens (tertiary/aromatic N) is 4. The second kappa shape index (κ2) is 24.0. The first kappa shape index (κ1) is 58.3. The smallest absolute Gasteiger partial charge is 0.161 e. The first-order valence-corrected chi connectivity index (χ1v) is 36.8. The van der Waals surface area contributed by atoms with Gasteiger partial charge in [-0.05, 0) is 141 Å². The van der Waals surface area contributed by atoms with Crippen LogP contribution in [0.2, 0.25) is 0 Å². The molecule has 0 atom stereocenters. The topological polar surface area (TPSA) is 51.6 Å². The van der Waals surface area contributed by atoms with Crippen molar-refractivity contribution >= 4 is 126 Å². The summed E-state index contributed by atoms with van der Waals surface area (Å²) in [5.41, 5.74) is 21.1. The fourth-order valence-corrected chi connectivity index (χ4v) is 19.5. The molecule has 466 valence electrons. The minimum absolute atomic E-state index is 0.679. The van der Waals surface area contributed by atoms with Gasteiger partial charge in [-0.1, -0.05) is 243 Å². The minimum Gasteiger partial charge on any atom is -0.228 e. The number of benzene rings is 14. The van der Waals surface area contributed by atoms with Gasteiger partial charge >= 0.3 is 0 Å². The summed E-state index contributed by atoms with van der Waals surface area (Å²) in [4.78, 5) is 22.3. The fourth-order valence-electron chi connectivity index (χ4n) is 14.7. The highest BCUT2D eigenvalue weighted by molar-refractivity contribution is 7.27. The van der Waals surface area contributed by atoms with Gasteiger partial charge in [-0.3, -0.25) is 0 Å². The molecule has 0 aliphatic rings. The normalized spacial score (nSPS) is 11.8. The fraction of sp³-hybridized carbons (Fsp3) is 0. The first-order chi connectivity index (χ1) is 49.5. The Kier molecular flexibility index (Phi) is 14.0. The molecular formula is C92H54N4S4. The summed E-state index contributed by atoms with van der Waals surface area (Å²) in [5, 5.41) is 9.87. The standard InChI is InChI=1S/C92H54N4S4/c1-4-20-55(21-5-1)61-46-62(49-65(48-61)79-53-80(74-33-16-29-70-67-26-10-13-37-83(67)97-87(70)74)96-92(93-79)77-36-19-31-72-69-28-12-15-39-85(69)99-90(72)77)59-42-40-58(41-43-59)60-44-45-86-78(52-60)73-32-18-35-76(89(73)100-86)82-54-81(75-34-17-30-71-68-27-11-14-38-84(68)98-88(71)75)94-91(95-82)66-50-63(56-22-6-2-7-23-56)47-64(51-66)57-24-8-3-9-25-57/h1-54H. The lowest BCUT2D eigenvalue weighted by molar-refractivity contribution is 1.19. The van der Waals surface area contributed by atoms with Crippen LogP contribution in [0.15, 0.2) is 328 Å². The van der Waals surface area contributed by atoms with Crippen LogP contribution in [-0.2, 0) is 0 Å². The van der Waals surface area contributed by atoms with Crippen LogP contribution in [0.25, 0.3) is 204 Å². The van der Waals surface area contributed by atoms with E-state index in [9.17, 15) is 0 Å². The van der Waals surface area contributed by atoms with Gasteiger partial charge in [0.25, 0.3) is 0 Å². The Morgan fingerprint density at radius 2 is 0.460 bits per heavy atom. The van der Waals surface area contributed by atoms with Crippen LogP contribution < -0.4 is 0 Å². The average molecular weight is 1340 g/mol. The summed E-state index contributed by atoms with van der Waals surface area (Å²) >= 11 is 7.30. The van der Waals surface area contributed by atoms with Crippen molar-refractivity contribution in [2.24, 2.45) is 0 Å². The van der Waals surface area contributed by atoms with E-state index in [0.717, 1.165) is 112 Å². The maximum Gasteiger partial charge on any atom is 0.161 e. The zero-order chi connectivity index (χ0) is 65.8. The van der Waals surface area contributed by atoms with Crippen molar-refractivity contribution in [1.82, 2.24) is 19.9 Å². The van der Waals surface area contributed by atoms with E-state index in [4.69, 9.17) is 19.9 Å². The highest BCUT2D eigenvalue weighted by atomic mass is 32.1. The van der Waals surface area contributed by atoms with Crippen LogP contribution in [0, 0.1) is 0 Å². The van der Waals surface area contributed by atoms with Gasteiger partial charge in [0.15, 0.2) is 11.6 Å². The van der Waals surface area contributed by atoms with Crippen molar-refractivity contribution in [3.63, 3.8) is 0 Å². The molecule has 0 bridgehead atoms. The Labute approximate surface area is 592 Å². The molecule has 0 radical (unpaired) electrons. The largest absolute Gasteiger partial charge is 0.228 e. The van der Waals surface area contributed by atoms with Crippen LogP contribution in [0.5, 0.6) is 0 Å². The number of thiophene rings is 4. The minimum atomic E-state index is 0.679. The molecule has 0 N–H and O–H groups in total. The third kappa shape index (κ3) is 10.1. The zero-order valence-corrected chi connectivity index (χ0v) is 56.9. The van der Waals surface area contributed by atoms with Gasteiger partial charge in [0.05, 0.1) is 22.8 Å². The van der Waals surface area contributed by atoms with E-state index in [1.54, 1.807) is 0 Å². The van der Waals surface area contributed by atoms with Gasteiger partial charge in [-0.25, -0.2) is 19.9 Å². The van der Waals surface area contributed by atoms with Crippen molar-refractivity contribution in [2.75, 3.05) is 0 Å². The van der Waals surface area contributed by atoms with E-state index in [0.29, 0.717) is 11.6 Å². The Morgan fingerprint density at radius 1 is 0.160 bits per heavy atom. The molecule has 0 aliphatic heterocycles. The zero-order valence-electron chi connectivity index (χ0n) is 53.6. The highest BCUT2D eigenvalue weighted by Crippen LogP contribution is 2.48. The Bertz CT molecular complexity index is 6460. The molecule has 100 heavy (non-hydrogen) atoms. The summed E-state index contributed by atoms with van der Waals surface area (Å²) in [7, 11) is 0. The summed E-state index contributed by atoms with van der Waals surface area (Å²) < 4.78 is 9.80. The van der Waals surface area contributed by atoms with Gasteiger partial charge in [0.2, 0.25) is 0 Å². The van der Waals surface area contributed by atoms with Gasteiger partial charge in [0, 0.05) is 114 Å². The maximum atomic E-state index is 5.61. The van der Waals surface area contributed by atoms with Crippen LogP contribution in [0.3, 0.4) is 0 Å². The summed E-state index contributed by atoms with van der Waals surface area (Å²) in [5.74, 6) is 1.39. The van der Waals surface area contributed by atoms with E-state index in [2.05, 4.69) is 328 Å². The first-order valence-electron chi connectivity index (χ1n) is 33.5. The predicted molar refractivity (Wildman–Crippen MR) is 429 cm³/mol.